The average molecular weight is 434 g/mol. The first-order valence-corrected chi connectivity index (χ1v) is 11.9. The maximum atomic E-state index is 12.5. The van der Waals surface area contributed by atoms with E-state index in [2.05, 4.69) is 48.3 Å². The lowest BCUT2D eigenvalue weighted by Gasteiger charge is -2.35. The summed E-state index contributed by atoms with van der Waals surface area (Å²) >= 11 is 0. The van der Waals surface area contributed by atoms with E-state index in [1.165, 1.54) is 25.1 Å². The molecule has 170 valence electrons. The molecule has 4 rings (SSSR count). The molecule has 2 aromatic rings. The maximum Gasteiger partial charge on any atom is 0.251 e. The summed E-state index contributed by atoms with van der Waals surface area (Å²) in [4.78, 5) is 28.7. The quantitative estimate of drug-likeness (QED) is 0.711. The van der Waals surface area contributed by atoms with E-state index in [1.807, 2.05) is 29.2 Å². The van der Waals surface area contributed by atoms with Crippen LogP contribution in [0.1, 0.15) is 60.2 Å². The topological polar surface area (TPSA) is 52.7 Å². The van der Waals surface area contributed by atoms with Crippen molar-refractivity contribution in [2.24, 2.45) is 11.8 Å². The number of carbonyl (C=O) groups excluding carboxylic acids is 2. The Bertz CT molecular complexity index is 913. The molecule has 32 heavy (non-hydrogen) atoms. The molecule has 2 amide bonds. The fourth-order valence-corrected chi connectivity index (χ4v) is 5.08. The monoisotopic (exact) mass is 433 g/mol. The molecule has 0 spiro atoms. The number of nitrogens with zero attached hydrogens (tertiary/aromatic N) is 2. The first kappa shape index (κ1) is 22.5. The molecule has 5 heteroatoms. The first-order valence-electron chi connectivity index (χ1n) is 11.9. The second-order valence-corrected chi connectivity index (χ2v) is 9.76. The van der Waals surface area contributed by atoms with Crippen LogP contribution in [0.15, 0.2) is 48.5 Å². The Balaban J connectivity index is 1.25. The summed E-state index contributed by atoms with van der Waals surface area (Å²) < 4.78 is 0. The second-order valence-electron chi connectivity index (χ2n) is 9.76. The Morgan fingerprint density at radius 3 is 2.12 bits per heavy atom. The lowest BCUT2D eigenvalue weighted by Crippen LogP contribution is -2.38. The minimum Gasteiger partial charge on any atom is -0.348 e. The van der Waals surface area contributed by atoms with Gasteiger partial charge in [-0.1, -0.05) is 50.2 Å². The molecule has 2 aromatic carbocycles. The van der Waals surface area contributed by atoms with Gasteiger partial charge in [0, 0.05) is 51.3 Å². The smallest absolute Gasteiger partial charge is 0.251 e. The van der Waals surface area contributed by atoms with Crippen molar-refractivity contribution in [2.45, 2.75) is 52.7 Å². The lowest BCUT2D eigenvalue weighted by atomic mass is 9.91. The zero-order valence-electron chi connectivity index (χ0n) is 19.3. The highest BCUT2D eigenvalue weighted by Crippen LogP contribution is 2.22. The van der Waals surface area contributed by atoms with Crippen molar-refractivity contribution >= 4 is 11.8 Å². The Hall–Kier alpha value is -2.66. The fourth-order valence-electron chi connectivity index (χ4n) is 5.08. The van der Waals surface area contributed by atoms with Gasteiger partial charge in [-0.05, 0) is 53.5 Å². The fraction of sp³-hybridized carbons (Fsp3) is 0.481. The molecule has 1 N–H and O–H groups in total. The van der Waals surface area contributed by atoms with Gasteiger partial charge in [-0.25, -0.2) is 0 Å². The van der Waals surface area contributed by atoms with E-state index in [-0.39, 0.29) is 11.8 Å². The molecule has 5 nitrogen and oxygen atoms in total. The molecule has 0 aliphatic carbocycles. The number of hydrogen-bond acceptors (Lipinski definition) is 3. The van der Waals surface area contributed by atoms with Gasteiger partial charge >= 0.3 is 0 Å². The number of benzene rings is 2. The van der Waals surface area contributed by atoms with Crippen LogP contribution in [-0.2, 0) is 24.4 Å². The van der Waals surface area contributed by atoms with Crippen molar-refractivity contribution in [3.05, 3.63) is 70.8 Å². The van der Waals surface area contributed by atoms with Crippen LogP contribution in [0.5, 0.6) is 0 Å². The van der Waals surface area contributed by atoms with Gasteiger partial charge in [-0.3, -0.25) is 14.5 Å². The van der Waals surface area contributed by atoms with Crippen molar-refractivity contribution in [3.8, 4) is 0 Å². The van der Waals surface area contributed by atoms with Crippen molar-refractivity contribution in [1.29, 1.82) is 0 Å². The van der Waals surface area contributed by atoms with Crippen molar-refractivity contribution in [3.63, 3.8) is 0 Å². The number of nitrogens with one attached hydrogen (secondary N) is 1. The molecular weight excluding hydrogens is 398 g/mol. The normalized spacial score (nSPS) is 21.7. The summed E-state index contributed by atoms with van der Waals surface area (Å²) in [6.45, 7) is 10.0. The summed E-state index contributed by atoms with van der Waals surface area (Å²) in [5.41, 5.74) is 4.14. The van der Waals surface area contributed by atoms with Crippen LogP contribution in [0, 0.1) is 11.8 Å². The van der Waals surface area contributed by atoms with Crippen LogP contribution in [0.2, 0.25) is 0 Å². The Kier molecular flexibility index (Phi) is 7.26. The van der Waals surface area contributed by atoms with Gasteiger partial charge in [0.2, 0.25) is 5.91 Å². The van der Waals surface area contributed by atoms with Crippen molar-refractivity contribution < 1.29 is 9.59 Å². The molecule has 0 aromatic heterocycles. The van der Waals surface area contributed by atoms with E-state index in [4.69, 9.17) is 0 Å². The Morgan fingerprint density at radius 1 is 0.906 bits per heavy atom. The predicted octanol–water partition coefficient (Wildman–Crippen LogP) is 4.22. The van der Waals surface area contributed by atoms with Crippen LogP contribution >= 0.6 is 0 Å². The molecule has 2 saturated heterocycles. The third-order valence-electron chi connectivity index (χ3n) is 6.59. The summed E-state index contributed by atoms with van der Waals surface area (Å²) in [6, 6.07) is 16.2. The zero-order chi connectivity index (χ0) is 22.5. The first-order chi connectivity index (χ1) is 15.5. The molecular formula is C27H35N3O2. The van der Waals surface area contributed by atoms with Gasteiger partial charge in [-0.15, -0.1) is 0 Å². The van der Waals surface area contributed by atoms with E-state index in [0.29, 0.717) is 25.1 Å². The minimum absolute atomic E-state index is 0.0748. The Morgan fingerprint density at radius 2 is 1.50 bits per heavy atom. The van der Waals surface area contributed by atoms with Crippen LogP contribution in [0.3, 0.4) is 0 Å². The number of carbonyl (C=O) groups is 2. The minimum atomic E-state index is -0.0748. The average Bonchev–Trinajstić information content (AvgIpc) is 3.17. The highest BCUT2D eigenvalue weighted by atomic mass is 16.2. The van der Waals surface area contributed by atoms with Gasteiger partial charge in [0.05, 0.1) is 0 Å². The summed E-state index contributed by atoms with van der Waals surface area (Å²) in [7, 11) is 0. The van der Waals surface area contributed by atoms with Gasteiger partial charge in [0.15, 0.2) is 0 Å². The number of likely N-dealkylation sites (tertiary alicyclic amines) is 2. The third-order valence-corrected chi connectivity index (χ3v) is 6.59. The standard InChI is InChI=1S/C27H35N3O2/c1-20-14-21(2)17-29(16-20)18-23-7-5-22(6-8-23)15-28-27(32)25-11-9-24(10-12-25)19-30-13-3-4-26(30)31/h5-12,20-21H,3-4,13-19H2,1-2H3,(H,28,32). The molecule has 2 aliphatic heterocycles. The molecule has 0 saturated carbocycles. The van der Waals surface area contributed by atoms with E-state index in [9.17, 15) is 9.59 Å². The summed E-state index contributed by atoms with van der Waals surface area (Å²) in [5, 5.41) is 3.01. The molecule has 2 fully saturated rings. The van der Waals surface area contributed by atoms with Crippen LogP contribution in [0.25, 0.3) is 0 Å². The molecule has 0 bridgehead atoms. The summed E-state index contributed by atoms with van der Waals surface area (Å²) in [6.07, 6.45) is 2.92. The van der Waals surface area contributed by atoms with E-state index < -0.39 is 0 Å². The highest BCUT2D eigenvalue weighted by molar-refractivity contribution is 5.94. The van der Waals surface area contributed by atoms with Crippen molar-refractivity contribution in [1.82, 2.24) is 15.1 Å². The van der Waals surface area contributed by atoms with E-state index >= 15 is 0 Å². The number of rotatable bonds is 7. The van der Waals surface area contributed by atoms with Crippen LogP contribution in [-0.4, -0.2) is 41.2 Å². The van der Waals surface area contributed by atoms with E-state index in [0.717, 1.165) is 42.5 Å². The SMILES string of the molecule is CC1CC(C)CN(Cc2ccc(CNC(=O)c3ccc(CN4CCCC4=O)cc3)cc2)C1. The molecule has 2 atom stereocenters. The van der Waals surface area contributed by atoms with Crippen LogP contribution < -0.4 is 5.32 Å². The number of hydrogen-bond donors (Lipinski definition) is 1. The van der Waals surface area contributed by atoms with E-state index in [1.54, 1.807) is 0 Å². The third kappa shape index (κ3) is 5.98. The zero-order valence-corrected chi connectivity index (χ0v) is 19.3. The van der Waals surface area contributed by atoms with Crippen LogP contribution in [0.4, 0.5) is 0 Å². The second kappa shape index (κ2) is 10.3. The molecule has 2 aliphatic rings. The summed E-state index contributed by atoms with van der Waals surface area (Å²) in [5.74, 6) is 1.68. The van der Waals surface area contributed by atoms with Crippen molar-refractivity contribution in [2.75, 3.05) is 19.6 Å². The maximum absolute atomic E-state index is 12.5. The molecule has 0 radical (unpaired) electrons. The highest BCUT2D eigenvalue weighted by Gasteiger charge is 2.22. The largest absolute Gasteiger partial charge is 0.348 e. The van der Waals surface area contributed by atoms with Gasteiger partial charge in [-0.2, -0.15) is 0 Å². The number of amides is 2. The number of piperidine rings is 1. The lowest BCUT2D eigenvalue weighted by molar-refractivity contribution is -0.128. The molecule has 2 heterocycles. The Labute approximate surface area is 191 Å². The van der Waals surface area contributed by atoms with Gasteiger partial charge < -0.3 is 10.2 Å². The van der Waals surface area contributed by atoms with Gasteiger partial charge in [0.1, 0.15) is 0 Å². The van der Waals surface area contributed by atoms with Gasteiger partial charge in [0.25, 0.3) is 5.91 Å². The molecule has 2 unspecified atom stereocenters. The predicted molar refractivity (Wildman–Crippen MR) is 127 cm³/mol.